The third kappa shape index (κ3) is 2.61. The molecule has 98 valence electrons. The van der Waals surface area contributed by atoms with E-state index in [2.05, 4.69) is 30.4 Å². The van der Waals surface area contributed by atoms with E-state index in [1.807, 2.05) is 0 Å². The van der Waals surface area contributed by atoms with E-state index in [0.29, 0.717) is 6.04 Å². The summed E-state index contributed by atoms with van der Waals surface area (Å²) in [7, 11) is 0. The maximum absolute atomic E-state index is 3.71. The van der Waals surface area contributed by atoms with E-state index in [-0.39, 0.29) is 0 Å². The minimum Gasteiger partial charge on any atom is -0.310 e. The van der Waals surface area contributed by atoms with Crippen LogP contribution in [0.3, 0.4) is 0 Å². The van der Waals surface area contributed by atoms with Gasteiger partial charge in [0, 0.05) is 6.04 Å². The van der Waals surface area contributed by atoms with Gasteiger partial charge in [-0.2, -0.15) is 0 Å². The Kier molecular flexibility index (Phi) is 3.69. The molecule has 1 fully saturated rings. The van der Waals surface area contributed by atoms with Gasteiger partial charge in [0.2, 0.25) is 0 Å². The maximum atomic E-state index is 3.71. The molecule has 0 saturated heterocycles. The van der Waals surface area contributed by atoms with Gasteiger partial charge in [0.15, 0.2) is 0 Å². The van der Waals surface area contributed by atoms with E-state index >= 15 is 0 Å². The molecule has 0 aliphatic heterocycles. The van der Waals surface area contributed by atoms with Crippen molar-refractivity contribution in [2.45, 2.75) is 57.9 Å². The minimum absolute atomic E-state index is 0.512. The summed E-state index contributed by atoms with van der Waals surface area (Å²) >= 11 is 0. The fraction of sp³-hybridized carbons (Fsp3) is 0.647. The number of hydrogen-bond acceptors (Lipinski definition) is 1. The average Bonchev–Trinajstić information content (AvgIpc) is 2.36. The van der Waals surface area contributed by atoms with Crippen LogP contribution in [-0.2, 0) is 12.8 Å². The summed E-state index contributed by atoms with van der Waals surface area (Å²) in [5.41, 5.74) is 4.68. The highest BCUT2D eigenvalue weighted by Crippen LogP contribution is 2.27. The van der Waals surface area contributed by atoms with Gasteiger partial charge in [0.05, 0.1) is 0 Å². The largest absolute Gasteiger partial charge is 0.310 e. The Labute approximate surface area is 111 Å². The Morgan fingerprint density at radius 3 is 2.61 bits per heavy atom. The Morgan fingerprint density at radius 2 is 1.89 bits per heavy atom. The normalized spacial score (nSPS) is 21.2. The van der Waals surface area contributed by atoms with Crippen molar-refractivity contribution in [1.82, 2.24) is 5.32 Å². The van der Waals surface area contributed by atoms with Gasteiger partial charge in [-0.25, -0.2) is 0 Å². The number of benzene rings is 1. The fourth-order valence-corrected chi connectivity index (χ4v) is 3.18. The molecule has 0 amide bonds. The standard InChI is InChI=1S/C17H25N/c1-13(18-12-14-5-4-6-14)16-10-9-15-7-2-3-8-17(15)11-16/h9-11,13-14,18H,2-8,12H2,1H3. The monoisotopic (exact) mass is 243 g/mol. The molecule has 1 nitrogen and oxygen atoms in total. The highest BCUT2D eigenvalue weighted by Gasteiger charge is 2.18. The van der Waals surface area contributed by atoms with Crippen LogP contribution in [0.15, 0.2) is 18.2 Å². The Morgan fingerprint density at radius 1 is 1.11 bits per heavy atom. The predicted molar refractivity (Wildman–Crippen MR) is 76.8 cm³/mol. The van der Waals surface area contributed by atoms with Gasteiger partial charge in [0.25, 0.3) is 0 Å². The molecule has 1 atom stereocenters. The summed E-state index contributed by atoms with van der Waals surface area (Å²) in [4.78, 5) is 0. The lowest BCUT2D eigenvalue weighted by Gasteiger charge is -2.28. The van der Waals surface area contributed by atoms with Gasteiger partial charge in [-0.3, -0.25) is 0 Å². The third-order valence-electron chi connectivity index (χ3n) is 4.81. The van der Waals surface area contributed by atoms with E-state index in [9.17, 15) is 0 Å². The molecule has 3 rings (SSSR count). The van der Waals surface area contributed by atoms with Crippen LogP contribution in [0, 0.1) is 5.92 Å². The van der Waals surface area contributed by atoms with Crippen molar-refractivity contribution in [2.24, 2.45) is 5.92 Å². The Hall–Kier alpha value is -0.820. The molecule has 1 N–H and O–H groups in total. The zero-order valence-corrected chi connectivity index (χ0v) is 11.5. The second kappa shape index (κ2) is 5.44. The van der Waals surface area contributed by atoms with Crippen LogP contribution in [0.2, 0.25) is 0 Å². The third-order valence-corrected chi connectivity index (χ3v) is 4.81. The molecule has 0 bridgehead atoms. The van der Waals surface area contributed by atoms with Gasteiger partial charge in [-0.05, 0) is 74.6 Å². The molecule has 1 heteroatoms. The average molecular weight is 243 g/mol. The summed E-state index contributed by atoms with van der Waals surface area (Å²) in [6.45, 7) is 3.52. The van der Waals surface area contributed by atoms with Crippen molar-refractivity contribution >= 4 is 0 Å². The lowest BCUT2D eigenvalue weighted by atomic mass is 9.85. The van der Waals surface area contributed by atoms with Crippen LogP contribution in [0.5, 0.6) is 0 Å². The first-order valence-corrected chi connectivity index (χ1v) is 7.68. The quantitative estimate of drug-likeness (QED) is 0.842. The summed E-state index contributed by atoms with van der Waals surface area (Å²) < 4.78 is 0. The molecule has 2 aliphatic carbocycles. The van der Waals surface area contributed by atoms with Gasteiger partial charge >= 0.3 is 0 Å². The molecular formula is C17H25N. The van der Waals surface area contributed by atoms with Crippen LogP contribution < -0.4 is 5.32 Å². The summed E-state index contributed by atoms with van der Waals surface area (Å²) in [5.74, 6) is 0.949. The molecule has 0 heterocycles. The van der Waals surface area contributed by atoms with Crippen LogP contribution in [0.1, 0.15) is 61.8 Å². The maximum Gasteiger partial charge on any atom is 0.0292 e. The molecule has 1 unspecified atom stereocenters. The molecule has 2 aliphatic rings. The number of nitrogens with one attached hydrogen (secondary N) is 1. The topological polar surface area (TPSA) is 12.0 Å². The molecule has 0 aromatic heterocycles. The van der Waals surface area contributed by atoms with Crippen molar-refractivity contribution in [1.29, 1.82) is 0 Å². The van der Waals surface area contributed by atoms with Gasteiger partial charge in [0.1, 0.15) is 0 Å². The van der Waals surface area contributed by atoms with Crippen molar-refractivity contribution in [2.75, 3.05) is 6.54 Å². The first-order chi connectivity index (χ1) is 8.83. The van der Waals surface area contributed by atoms with E-state index in [1.165, 1.54) is 57.1 Å². The molecule has 1 aromatic rings. The number of hydrogen-bond donors (Lipinski definition) is 1. The van der Waals surface area contributed by atoms with Crippen molar-refractivity contribution < 1.29 is 0 Å². The predicted octanol–water partition coefficient (Wildman–Crippen LogP) is 4.02. The van der Waals surface area contributed by atoms with E-state index in [4.69, 9.17) is 0 Å². The second-order valence-corrected chi connectivity index (χ2v) is 6.16. The molecule has 18 heavy (non-hydrogen) atoms. The van der Waals surface area contributed by atoms with Crippen LogP contribution >= 0.6 is 0 Å². The zero-order chi connectivity index (χ0) is 12.4. The molecule has 1 aromatic carbocycles. The molecular weight excluding hydrogens is 218 g/mol. The van der Waals surface area contributed by atoms with Gasteiger partial charge < -0.3 is 5.32 Å². The lowest BCUT2D eigenvalue weighted by molar-refractivity contribution is 0.292. The Bertz CT molecular complexity index is 406. The van der Waals surface area contributed by atoms with Crippen molar-refractivity contribution in [3.63, 3.8) is 0 Å². The molecule has 0 radical (unpaired) electrons. The van der Waals surface area contributed by atoms with E-state index in [1.54, 1.807) is 11.1 Å². The second-order valence-electron chi connectivity index (χ2n) is 6.16. The molecule has 1 saturated carbocycles. The summed E-state index contributed by atoms with van der Waals surface area (Å²) in [5, 5.41) is 3.71. The summed E-state index contributed by atoms with van der Waals surface area (Å²) in [6, 6.07) is 7.67. The van der Waals surface area contributed by atoms with Crippen LogP contribution in [0.25, 0.3) is 0 Å². The summed E-state index contributed by atoms with van der Waals surface area (Å²) in [6.07, 6.45) is 9.65. The van der Waals surface area contributed by atoms with Crippen molar-refractivity contribution in [3.05, 3.63) is 34.9 Å². The Balaban J connectivity index is 1.63. The first-order valence-electron chi connectivity index (χ1n) is 7.68. The zero-order valence-electron chi connectivity index (χ0n) is 11.5. The molecule has 0 spiro atoms. The highest BCUT2D eigenvalue weighted by atomic mass is 14.9. The number of fused-ring (bicyclic) bond motifs is 1. The first kappa shape index (κ1) is 12.2. The van der Waals surface area contributed by atoms with Gasteiger partial charge in [-0.1, -0.05) is 24.6 Å². The number of rotatable bonds is 4. The fourth-order valence-electron chi connectivity index (χ4n) is 3.18. The van der Waals surface area contributed by atoms with Crippen molar-refractivity contribution in [3.8, 4) is 0 Å². The lowest BCUT2D eigenvalue weighted by Crippen LogP contribution is -2.29. The minimum atomic E-state index is 0.512. The van der Waals surface area contributed by atoms with E-state index < -0.39 is 0 Å². The smallest absolute Gasteiger partial charge is 0.0292 e. The SMILES string of the molecule is CC(NCC1CCC1)c1ccc2c(c1)CCCC2. The van der Waals surface area contributed by atoms with Crippen LogP contribution in [-0.4, -0.2) is 6.54 Å². The van der Waals surface area contributed by atoms with Gasteiger partial charge in [-0.15, -0.1) is 0 Å². The highest BCUT2D eigenvalue weighted by molar-refractivity contribution is 5.35. The van der Waals surface area contributed by atoms with E-state index in [0.717, 1.165) is 5.92 Å². The van der Waals surface area contributed by atoms with Crippen LogP contribution in [0.4, 0.5) is 0 Å². The number of aryl methyl sites for hydroxylation is 2.